The van der Waals surface area contributed by atoms with Gasteiger partial charge in [-0.2, -0.15) is 13.2 Å². The van der Waals surface area contributed by atoms with Crippen LogP contribution in [0.1, 0.15) is 11.1 Å². The van der Waals surface area contributed by atoms with Gasteiger partial charge in [-0.15, -0.1) is 0 Å². The molecule has 6 aromatic rings. The van der Waals surface area contributed by atoms with Gasteiger partial charge in [-0.25, -0.2) is 19.1 Å². The maximum Gasteiger partial charge on any atom is 0.424 e. The van der Waals surface area contributed by atoms with E-state index in [9.17, 15) is 22.8 Å². The van der Waals surface area contributed by atoms with Crippen LogP contribution >= 0.6 is 0 Å². The fourth-order valence-corrected chi connectivity index (χ4v) is 4.43. The van der Waals surface area contributed by atoms with Crippen molar-refractivity contribution in [3.63, 3.8) is 0 Å². The van der Waals surface area contributed by atoms with E-state index in [1.165, 1.54) is 18.3 Å². The van der Waals surface area contributed by atoms with E-state index >= 15 is 0 Å². The second kappa shape index (κ2) is 10.3. The molecule has 11 heteroatoms. The van der Waals surface area contributed by atoms with Gasteiger partial charge in [0, 0.05) is 17.1 Å². The number of pyridine rings is 2. The summed E-state index contributed by atoms with van der Waals surface area (Å²) in [5, 5.41) is 3.07. The van der Waals surface area contributed by atoms with Crippen LogP contribution in [0.25, 0.3) is 38.8 Å². The van der Waals surface area contributed by atoms with Crippen LogP contribution in [-0.4, -0.2) is 20.6 Å². The van der Waals surface area contributed by atoms with Crippen molar-refractivity contribution in [1.82, 2.24) is 14.5 Å². The van der Waals surface area contributed by atoms with E-state index in [1.807, 2.05) is 30.3 Å². The number of carbonyl (C=O) groups is 1. The first kappa shape index (κ1) is 25.8. The summed E-state index contributed by atoms with van der Waals surface area (Å²) in [7, 11) is 0. The molecule has 0 aliphatic rings. The minimum atomic E-state index is -4.58. The van der Waals surface area contributed by atoms with Gasteiger partial charge in [-0.3, -0.25) is 10.3 Å². The van der Waals surface area contributed by atoms with Crippen molar-refractivity contribution in [3.8, 4) is 16.8 Å². The van der Waals surface area contributed by atoms with Gasteiger partial charge in [-0.05, 0) is 53.6 Å². The summed E-state index contributed by atoms with van der Waals surface area (Å²) in [5.41, 5.74) is 2.27. The molecule has 3 aromatic carbocycles. The average molecular weight is 557 g/mol. The van der Waals surface area contributed by atoms with Gasteiger partial charge in [0.15, 0.2) is 5.58 Å². The van der Waals surface area contributed by atoms with Crippen LogP contribution in [0.15, 0.2) is 107 Å². The molecule has 41 heavy (non-hydrogen) atoms. The van der Waals surface area contributed by atoms with Crippen molar-refractivity contribution in [2.75, 3.05) is 5.32 Å². The first-order valence-electron chi connectivity index (χ1n) is 12.3. The van der Waals surface area contributed by atoms with Crippen LogP contribution in [0, 0.1) is 0 Å². The summed E-state index contributed by atoms with van der Waals surface area (Å²) in [4.78, 5) is 33.6. The second-order valence-electron chi connectivity index (χ2n) is 9.07. The molecule has 0 bridgehead atoms. The number of fused-ring (bicyclic) bond motifs is 3. The fraction of sp³-hybridized carbons (Fsp3) is 0.0667. The molecule has 3 aromatic heterocycles. The fourth-order valence-electron chi connectivity index (χ4n) is 4.43. The molecule has 0 saturated heterocycles. The third kappa shape index (κ3) is 5.24. The van der Waals surface area contributed by atoms with E-state index in [1.54, 1.807) is 36.5 Å². The topological polar surface area (TPSA) is 99.2 Å². The number of aromatic nitrogens is 3. The molecule has 6 rings (SSSR count). The molecule has 1 amide bonds. The zero-order chi connectivity index (χ0) is 28.6. The van der Waals surface area contributed by atoms with Gasteiger partial charge in [-0.1, -0.05) is 42.5 Å². The van der Waals surface area contributed by atoms with Gasteiger partial charge in [0.05, 0.1) is 23.0 Å². The quantitative estimate of drug-likeness (QED) is 0.246. The number of hydrogen-bond donors (Lipinski definition) is 1. The highest BCUT2D eigenvalue weighted by Gasteiger charge is 2.31. The number of oxazole rings is 1. The van der Waals surface area contributed by atoms with E-state index in [2.05, 4.69) is 15.3 Å². The molecular formula is C30H19F3N4O4. The first-order valence-corrected chi connectivity index (χ1v) is 12.3. The van der Waals surface area contributed by atoms with Gasteiger partial charge in [0.2, 0.25) is 0 Å². The SMILES string of the molecule is O=C(Nc1ccc(-c2ccc3ncc4oc(=O)n(-c5cccc(C(F)(F)F)c5)c4c3c2)cn1)OCc1ccccc1. The number of hydrogen-bond acceptors (Lipinski definition) is 6. The van der Waals surface area contributed by atoms with Gasteiger partial charge in [0.25, 0.3) is 0 Å². The molecule has 0 radical (unpaired) electrons. The van der Waals surface area contributed by atoms with E-state index in [-0.39, 0.29) is 29.2 Å². The summed E-state index contributed by atoms with van der Waals surface area (Å²) in [6, 6.07) is 22.3. The summed E-state index contributed by atoms with van der Waals surface area (Å²) in [6.07, 6.45) is -2.32. The Morgan fingerprint density at radius 2 is 1.71 bits per heavy atom. The highest BCUT2D eigenvalue weighted by Crippen LogP contribution is 2.33. The van der Waals surface area contributed by atoms with Crippen LogP contribution in [0.2, 0.25) is 0 Å². The number of ether oxygens (including phenoxy) is 1. The lowest BCUT2D eigenvalue weighted by Gasteiger charge is -2.10. The van der Waals surface area contributed by atoms with Crippen LogP contribution in [-0.2, 0) is 17.5 Å². The number of amides is 1. The van der Waals surface area contributed by atoms with Crippen LogP contribution in [0.4, 0.5) is 23.8 Å². The standard InChI is InChI=1S/C30H19F3N4O4/c31-30(32,33)21-7-4-8-22(14-21)37-27-23-13-19(9-11-24(23)34-16-25(27)41-29(37)39)20-10-12-26(35-15-20)36-28(38)40-17-18-5-2-1-3-6-18/h1-16H,17H2,(H,35,36,38). The lowest BCUT2D eigenvalue weighted by atomic mass is 10.0. The number of halogens is 3. The van der Waals surface area contributed by atoms with Crippen molar-refractivity contribution >= 4 is 33.9 Å². The largest absolute Gasteiger partial charge is 0.444 e. The molecule has 0 aliphatic heterocycles. The van der Waals surface area contributed by atoms with Gasteiger partial charge < -0.3 is 9.15 Å². The van der Waals surface area contributed by atoms with Crippen molar-refractivity contribution in [2.24, 2.45) is 0 Å². The maximum atomic E-state index is 13.4. The van der Waals surface area contributed by atoms with Gasteiger partial charge >= 0.3 is 18.0 Å². The molecule has 0 spiro atoms. The Morgan fingerprint density at radius 3 is 2.46 bits per heavy atom. The number of anilines is 1. The van der Waals surface area contributed by atoms with Crippen LogP contribution < -0.4 is 11.1 Å². The zero-order valence-corrected chi connectivity index (χ0v) is 21.1. The summed E-state index contributed by atoms with van der Waals surface area (Å²) < 4.78 is 51.8. The predicted octanol–water partition coefficient (Wildman–Crippen LogP) is 6.96. The number of rotatable bonds is 5. The number of benzene rings is 3. The molecule has 0 atom stereocenters. The van der Waals surface area contributed by atoms with Crippen LogP contribution in [0.5, 0.6) is 0 Å². The van der Waals surface area contributed by atoms with E-state index in [4.69, 9.17) is 9.15 Å². The summed E-state index contributed by atoms with van der Waals surface area (Å²) in [5.74, 6) is -0.555. The minimum absolute atomic E-state index is 0.0118. The smallest absolute Gasteiger partial charge is 0.424 e. The first-order chi connectivity index (χ1) is 19.8. The van der Waals surface area contributed by atoms with E-state index in [0.717, 1.165) is 22.3 Å². The third-order valence-corrected chi connectivity index (χ3v) is 6.38. The summed E-state index contributed by atoms with van der Waals surface area (Å²) >= 11 is 0. The number of carbonyl (C=O) groups excluding carboxylic acids is 1. The Morgan fingerprint density at radius 1 is 0.902 bits per heavy atom. The zero-order valence-electron chi connectivity index (χ0n) is 21.1. The van der Waals surface area contributed by atoms with Crippen molar-refractivity contribution < 1.29 is 27.1 Å². The lowest BCUT2D eigenvalue weighted by molar-refractivity contribution is -0.137. The van der Waals surface area contributed by atoms with Crippen molar-refractivity contribution in [3.05, 3.63) is 119 Å². The Balaban J connectivity index is 1.31. The molecule has 204 valence electrons. The second-order valence-corrected chi connectivity index (χ2v) is 9.07. The highest BCUT2D eigenvalue weighted by molar-refractivity contribution is 6.03. The summed E-state index contributed by atoms with van der Waals surface area (Å²) in [6.45, 7) is 0.115. The van der Waals surface area contributed by atoms with Crippen molar-refractivity contribution in [1.29, 1.82) is 0 Å². The van der Waals surface area contributed by atoms with E-state index < -0.39 is 23.6 Å². The predicted molar refractivity (Wildman–Crippen MR) is 146 cm³/mol. The van der Waals surface area contributed by atoms with Crippen LogP contribution in [0.3, 0.4) is 0 Å². The molecule has 0 fully saturated rings. The minimum Gasteiger partial charge on any atom is -0.444 e. The molecule has 3 heterocycles. The Labute approximate surface area is 229 Å². The molecule has 0 saturated carbocycles. The number of nitrogens with zero attached hydrogens (tertiary/aromatic N) is 3. The maximum absolute atomic E-state index is 13.4. The molecular weight excluding hydrogens is 537 g/mol. The third-order valence-electron chi connectivity index (χ3n) is 6.38. The van der Waals surface area contributed by atoms with Crippen molar-refractivity contribution in [2.45, 2.75) is 12.8 Å². The Kier molecular flexibility index (Phi) is 6.46. The lowest BCUT2D eigenvalue weighted by Crippen LogP contribution is -2.14. The number of alkyl halides is 3. The monoisotopic (exact) mass is 556 g/mol. The van der Waals surface area contributed by atoms with Gasteiger partial charge in [0.1, 0.15) is 17.9 Å². The number of nitrogens with one attached hydrogen (secondary N) is 1. The normalized spacial score (nSPS) is 11.6. The Hall–Kier alpha value is -5.45. The molecule has 0 aliphatic carbocycles. The molecule has 1 N–H and O–H groups in total. The molecule has 8 nitrogen and oxygen atoms in total. The van der Waals surface area contributed by atoms with E-state index in [0.29, 0.717) is 22.0 Å². The Bertz CT molecular complexity index is 1950. The molecule has 0 unspecified atom stereocenters. The highest BCUT2D eigenvalue weighted by atomic mass is 19.4. The average Bonchev–Trinajstić information content (AvgIpc) is 3.32.